The highest BCUT2D eigenvalue weighted by Gasteiger charge is 2.33. The summed E-state index contributed by atoms with van der Waals surface area (Å²) >= 11 is 6.09. The van der Waals surface area contributed by atoms with Crippen molar-refractivity contribution >= 4 is 23.2 Å². The molecular formula is C23H27ClN2O3. The first kappa shape index (κ1) is 20.2. The summed E-state index contributed by atoms with van der Waals surface area (Å²) in [5, 5.41) is 14.6. The number of anilines is 1. The first-order chi connectivity index (χ1) is 14.0. The molecule has 0 aliphatic carbocycles. The lowest BCUT2D eigenvalue weighted by atomic mass is 9.84. The standard InChI is InChI=1S/C23H27ClN2O3/c24-18-5-1-4-17(16-18)23(28)10-13-26(14-11-23)12-3-15-29-21-7-2-6-20-19(21)8-9-22(27)25-20/h1-2,4-7,16,28H,3,8-15H2,(H,25,27). The van der Waals surface area contributed by atoms with Gasteiger partial charge in [-0.3, -0.25) is 4.79 Å². The Kier molecular flexibility index (Phi) is 6.09. The highest BCUT2D eigenvalue weighted by Crippen LogP contribution is 2.34. The van der Waals surface area contributed by atoms with Crippen LogP contribution >= 0.6 is 11.6 Å². The Morgan fingerprint density at radius 1 is 1.14 bits per heavy atom. The summed E-state index contributed by atoms with van der Waals surface area (Å²) in [5.74, 6) is 0.939. The van der Waals surface area contributed by atoms with Crippen LogP contribution in [0.25, 0.3) is 0 Å². The van der Waals surface area contributed by atoms with E-state index < -0.39 is 5.60 Å². The number of carbonyl (C=O) groups excluding carboxylic acids is 1. The van der Waals surface area contributed by atoms with Crippen LogP contribution < -0.4 is 10.1 Å². The SMILES string of the molecule is O=C1CCc2c(cccc2OCCCN2CCC(O)(c3cccc(Cl)c3)CC2)N1. The molecule has 0 unspecified atom stereocenters. The number of nitrogens with one attached hydrogen (secondary N) is 1. The molecule has 2 heterocycles. The second-order valence-electron chi connectivity index (χ2n) is 7.92. The second kappa shape index (κ2) is 8.74. The number of benzene rings is 2. The summed E-state index contributed by atoms with van der Waals surface area (Å²) in [6, 6.07) is 13.4. The summed E-state index contributed by atoms with van der Waals surface area (Å²) in [6.45, 7) is 3.29. The predicted molar refractivity (Wildman–Crippen MR) is 115 cm³/mol. The summed E-state index contributed by atoms with van der Waals surface area (Å²) in [4.78, 5) is 13.9. The molecule has 6 heteroatoms. The molecule has 0 spiro atoms. The Balaban J connectivity index is 1.24. The molecule has 2 aromatic rings. The maximum atomic E-state index is 11.5. The number of hydrogen-bond donors (Lipinski definition) is 2. The van der Waals surface area contributed by atoms with E-state index in [1.807, 2.05) is 42.5 Å². The first-order valence-electron chi connectivity index (χ1n) is 10.3. The smallest absolute Gasteiger partial charge is 0.224 e. The minimum Gasteiger partial charge on any atom is -0.493 e. The number of fused-ring (bicyclic) bond motifs is 1. The van der Waals surface area contributed by atoms with Gasteiger partial charge in [0.1, 0.15) is 5.75 Å². The largest absolute Gasteiger partial charge is 0.493 e. The molecule has 0 bridgehead atoms. The lowest BCUT2D eigenvalue weighted by molar-refractivity contribution is -0.116. The molecule has 5 nitrogen and oxygen atoms in total. The molecule has 1 amide bonds. The first-order valence-corrected chi connectivity index (χ1v) is 10.7. The van der Waals surface area contributed by atoms with E-state index in [4.69, 9.17) is 16.3 Å². The van der Waals surface area contributed by atoms with Crippen molar-refractivity contribution in [2.75, 3.05) is 31.6 Å². The second-order valence-corrected chi connectivity index (χ2v) is 8.35. The van der Waals surface area contributed by atoms with Gasteiger partial charge in [0, 0.05) is 42.3 Å². The van der Waals surface area contributed by atoms with Crippen LogP contribution in [0.3, 0.4) is 0 Å². The third-order valence-electron chi connectivity index (χ3n) is 5.93. The van der Waals surface area contributed by atoms with Gasteiger partial charge in [-0.2, -0.15) is 0 Å². The Morgan fingerprint density at radius 2 is 1.93 bits per heavy atom. The van der Waals surface area contributed by atoms with Crippen LogP contribution in [0.1, 0.15) is 36.8 Å². The highest BCUT2D eigenvalue weighted by molar-refractivity contribution is 6.30. The van der Waals surface area contributed by atoms with Crippen LogP contribution in [0.2, 0.25) is 5.02 Å². The van der Waals surface area contributed by atoms with Gasteiger partial charge in [-0.25, -0.2) is 0 Å². The fraction of sp³-hybridized carbons (Fsp3) is 0.435. The van der Waals surface area contributed by atoms with Crippen molar-refractivity contribution in [3.8, 4) is 5.75 Å². The average Bonchev–Trinajstić information content (AvgIpc) is 2.72. The number of ether oxygens (including phenoxy) is 1. The van der Waals surface area contributed by atoms with Gasteiger partial charge in [-0.15, -0.1) is 0 Å². The number of hydrogen-bond acceptors (Lipinski definition) is 4. The molecule has 154 valence electrons. The lowest BCUT2D eigenvalue weighted by Gasteiger charge is -2.38. The third kappa shape index (κ3) is 4.74. The molecule has 1 saturated heterocycles. The summed E-state index contributed by atoms with van der Waals surface area (Å²) in [7, 11) is 0. The zero-order valence-corrected chi connectivity index (χ0v) is 17.3. The number of aliphatic hydroxyl groups is 1. The minimum absolute atomic E-state index is 0.0671. The molecule has 1 fully saturated rings. The van der Waals surface area contributed by atoms with Gasteiger partial charge in [0.2, 0.25) is 5.91 Å². The number of amides is 1. The molecule has 0 radical (unpaired) electrons. The Bertz CT molecular complexity index is 878. The van der Waals surface area contributed by atoms with E-state index in [0.29, 0.717) is 30.9 Å². The topological polar surface area (TPSA) is 61.8 Å². The zero-order valence-electron chi connectivity index (χ0n) is 16.5. The van der Waals surface area contributed by atoms with E-state index in [-0.39, 0.29) is 5.91 Å². The molecule has 0 aromatic heterocycles. The van der Waals surface area contributed by atoms with Crippen LogP contribution in [0, 0.1) is 0 Å². The van der Waals surface area contributed by atoms with E-state index in [0.717, 1.165) is 55.0 Å². The van der Waals surface area contributed by atoms with E-state index >= 15 is 0 Å². The van der Waals surface area contributed by atoms with Gasteiger partial charge in [0.05, 0.1) is 12.2 Å². The van der Waals surface area contributed by atoms with Crippen LogP contribution in [0.5, 0.6) is 5.75 Å². The highest BCUT2D eigenvalue weighted by atomic mass is 35.5. The summed E-state index contributed by atoms with van der Waals surface area (Å²) in [6.07, 6.45) is 3.58. The molecule has 0 atom stereocenters. The van der Waals surface area contributed by atoms with Crippen molar-refractivity contribution in [2.45, 2.75) is 37.7 Å². The molecule has 2 N–H and O–H groups in total. The maximum Gasteiger partial charge on any atom is 0.224 e. The van der Waals surface area contributed by atoms with Crippen molar-refractivity contribution in [3.63, 3.8) is 0 Å². The van der Waals surface area contributed by atoms with Gasteiger partial charge in [-0.1, -0.05) is 29.8 Å². The minimum atomic E-state index is -0.786. The molecule has 4 rings (SSSR count). The number of rotatable bonds is 6. The van der Waals surface area contributed by atoms with Gasteiger partial charge in [0.25, 0.3) is 0 Å². The maximum absolute atomic E-state index is 11.5. The van der Waals surface area contributed by atoms with Gasteiger partial charge in [-0.05, 0) is 55.5 Å². The number of piperidine rings is 1. The Labute approximate surface area is 176 Å². The van der Waals surface area contributed by atoms with E-state index in [1.54, 1.807) is 0 Å². The van der Waals surface area contributed by atoms with Crippen molar-refractivity contribution in [1.82, 2.24) is 4.90 Å². The van der Waals surface area contributed by atoms with Crippen molar-refractivity contribution in [3.05, 3.63) is 58.6 Å². The normalized spacial score (nSPS) is 18.8. The van der Waals surface area contributed by atoms with Crippen LogP contribution in [-0.2, 0) is 16.8 Å². The van der Waals surface area contributed by atoms with Crippen LogP contribution in [-0.4, -0.2) is 42.2 Å². The van der Waals surface area contributed by atoms with Crippen molar-refractivity contribution < 1.29 is 14.6 Å². The third-order valence-corrected chi connectivity index (χ3v) is 6.17. The fourth-order valence-electron chi connectivity index (χ4n) is 4.21. The van der Waals surface area contributed by atoms with Crippen molar-refractivity contribution in [1.29, 1.82) is 0 Å². The number of carbonyl (C=O) groups is 1. The van der Waals surface area contributed by atoms with Gasteiger partial charge in [0.15, 0.2) is 0 Å². The molecule has 2 aliphatic rings. The predicted octanol–water partition coefficient (Wildman–Crippen LogP) is 3.98. The molecule has 2 aliphatic heterocycles. The van der Waals surface area contributed by atoms with E-state index in [2.05, 4.69) is 10.2 Å². The quantitative estimate of drug-likeness (QED) is 0.702. The Morgan fingerprint density at radius 3 is 2.72 bits per heavy atom. The van der Waals surface area contributed by atoms with Gasteiger partial charge < -0.3 is 20.1 Å². The lowest BCUT2D eigenvalue weighted by Crippen LogP contribution is -2.43. The zero-order chi connectivity index (χ0) is 20.3. The number of nitrogens with zero attached hydrogens (tertiary/aromatic N) is 1. The Hall–Kier alpha value is -2.08. The molecule has 29 heavy (non-hydrogen) atoms. The molecule has 2 aromatic carbocycles. The van der Waals surface area contributed by atoms with Crippen LogP contribution in [0.4, 0.5) is 5.69 Å². The fourth-order valence-corrected chi connectivity index (χ4v) is 4.40. The van der Waals surface area contributed by atoms with E-state index in [9.17, 15) is 9.90 Å². The average molecular weight is 415 g/mol. The number of halogens is 1. The summed E-state index contributed by atoms with van der Waals surface area (Å²) in [5.41, 5.74) is 2.09. The monoisotopic (exact) mass is 414 g/mol. The summed E-state index contributed by atoms with van der Waals surface area (Å²) < 4.78 is 6.01. The number of likely N-dealkylation sites (tertiary alicyclic amines) is 1. The van der Waals surface area contributed by atoms with Gasteiger partial charge >= 0.3 is 0 Å². The van der Waals surface area contributed by atoms with Crippen LogP contribution in [0.15, 0.2) is 42.5 Å². The van der Waals surface area contributed by atoms with Crippen molar-refractivity contribution in [2.24, 2.45) is 0 Å². The van der Waals surface area contributed by atoms with E-state index in [1.165, 1.54) is 0 Å². The molecular weight excluding hydrogens is 388 g/mol. The molecule has 0 saturated carbocycles.